The fraction of sp³-hybridized carbons (Fsp3) is 0.438. The summed E-state index contributed by atoms with van der Waals surface area (Å²) in [4.78, 5) is 5.99. The van der Waals surface area contributed by atoms with Crippen LogP contribution in [0.25, 0.3) is 10.6 Å². The molecule has 0 saturated carbocycles. The SMILES string of the molecule is CCCNC1CCCc2nc(-c3cc(Br)ccc3F)sc21. The van der Waals surface area contributed by atoms with E-state index in [4.69, 9.17) is 4.98 Å². The molecule has 5 heteroatoms. The van der Waals surface area contributed by atoms with Gasteiger partial charge in [0.25, 0.3) is 0 Å². The lowest BCUT2D eigenvalue weighted by Crippen LogP contribution is -2.24. The second kappa shape index (κ2) is 6.55. The molecule has 1 N–H and O–H groups in total. The zero-order chi connectivity index (χ0) is 14.8. The normalized spacial score (nSPS) is 17.8. The van der Waals surface area contributed by atoms with Gasteiger partial charge in [0, 0.05) is 21.0 Å². The third-order valence-electron chi connectivity index (χ3n) is 3.75. The fourth-order valence-corrected chi connectivity index (χ4v) is 4.31. The highest BCUT2D eigenvalue weighted by Gasteiger charge is 2.25. The first kappa shape index (κ1) is 15.1. The lowest BCUT2D eigenvalue weighted by Gasteiger charge is -2.22. The van der Waals surface area contributed by atoms with E-state index < -0.39 is 0 Å². The highest BCUT2D eigenvalue weighted by molar-refractivity contribution is 9.10. The number of nitrogens with one attached hydrogen (secondary N) is 1. The molecule has 0 bridgehead atoms. The van der Waals surface area contributed by atoms with Gasteiger partial charge in [0.1, 0.15) is 10.8 Å². The van der Waals surface area contributed by atoms with Crippen molar-refractivity contribution in [2.24, 2.45) is 0 Å². The molecule has 0 saturated heterocycles. The Morgan fingerprint density at radius 1 is 1.48 bits per heavy atom. The van der Waals surface area contributed by atoms with Crippen LogP contribution in [0.4, 0.5) is 4.39 Å². The minimum atomic E-state index is -0.206. The molecular formula is C16H18BrFN2S. The van der Waals surface area contributed by atoms with Crippen molar-refractivity contribution in [2.75, 3.05) is 6.54 Å². The number of nitrogens with zero attached hydrogens (tertiary/aromatic N) is 1. The lowest BCUT2D eigenvalue weighted by atomic mass is 9.98. The number of benzene rings is 1. The van der Waals surface area contributed by atoms with E-state index in [1.165, 1.54) is 10.9 Å². The third-order valence-corrected chi connectivity index (χ3v) is 5.49. The topological polar surface area (TPSA) is 24.9 Å². The van der Waals surface area contributed by atoms with E-state index in [0.717, 1.165) is 47.4 Å². The van der Waals surface area contributed by atoms with Gasteiger partial charge in [-0.25, -0.2) is 9.37 Å². The molecule has 0 radical (unpaired) electrons. The molecule has 1 aliphatic carbocycles. The standard InChI is InChI=1S/C16H18BrFN2S/c1-2-8-19-13-4-3-5-14-15(13)21-16(20-14)11-9-10(17)6-7-12(11)18/h6-7,9,13,19H,2-5,8H2,1H3. The largest absolute Gasteiger partial charge is 0.309 e. The fourth-order valence-electron chi connectivity index (χ4n) is 2.71. The van der Waals surface area contributed by atoms with Gasteiger partial charge in [0.05, 0.1) is 5.69 Å². The predicted molar refractivity (Wildman–Crippen MR) is 89.2 cm³/mol. The summed E-state index contributed by atoms with van der Waals surface area (Å²) in [6.45, 7) is 3.19. The van der Waals surface area contributed by atoms with Gasteiger partial charge >= 0.3 is 0 Å². The molecule has 0 fully saturated rings. The van der Waals surface area contributed by atoms with Gasteiger partial charge in [-0.15, -0.1) is 11.3 Å². The molecule has 0 aliphatic heterocycles. The predicted octanol–water partition coefficient (Wildman–Crippen LogP) is 5.09. The second-order valence-corrected chi connectivity index (χ2v) is 7.30. The van der Waals surface area contributed by atoms with Crippen LogP contribution >= 0.6 is 27.3 Å². The molecule has 1 aromatic heterocycles. The van der Waals surface area contributed by atoms with Gasteiger partial charge in [-0.05, 0) is 50.4 Å². The first-order valence-corrected chi connectivity index (χ1v) is 8.98. The number of hydrogen-bond acceptors (Lipinski definition) is 3. The van der Waals surface area contributed by atoms with Crippen molar-refractivity contribution in [3.05, 3.63) is 39.1 Å². The second-order valence-electron chi connectivity index (χ2n) is 5.35. The molecule has 0 amide bonds. The number of aromatic nitrogens is 1. The molecule has 1 atom stereocenters. The van der Waals surface area contributed by atoms with Crippen molar-refractivity contribution < 1.29 is 4.39 Å². The molecule has 1 aromatic carbocycles. The van der Waals surface area contributed by atoms with Crippen LogP contribution in [0.5, 0.6) is 0 Å². The first-order chi connectivity index (χ1) is 10.2. The van der Waals surface area contributed by atoms with Crippen LogP contribution in [-0.4, -0.2) is 11.5 Å². The van der Waals surface area contributed by atoms with Crippen molar-refractivity contribution in [1.29, 1.82) is 0 Å². The molecule has 2 aromatic rings. The van der Waals surface area contributed by atoms with Crippen molar-refractivity contribution in [3.63, 3.8) is 0 Å². The highest BCUT2D eigenvalue weighted by atomic mass is 79.9. The molecule has 112 valence electrons. The Bertz CT molecular complexity index is 641. The van der Waals surface area contributed by atoms with Crippen LogP contribution in [0.2, 0.25) is 0 Å². The van der Waals surface area contributed by atoms with Crippen LogP contribution in [-0.2, 0) is 6.42 Å². The Balaban J connectivity index is 1.96. The molecule has 3 rings (SSSR count). The van der Waals surface area contributed by atoms with E-state index in [1.54, 1.807) is 17.4 Å². The van der Waals surface area contributed by atoms with Crippen LogP contribution in [0.1, 0.15) is 42.8 Å². The van der Waals surface area contributed by atoms with Crippen LogP contribution in [0.3, 0.4) is 0 Å². The smallest absolute Gasteiger partial charge is 0.133 e. The molecule has 21 heavy (non-hydrogen) atoms. The van der Waals surface area contributed by atoms with Gasteiger partial charge in [0.15, 0.2) is 0 Å². The zero-order valence-electron chi connectivity index (χ0n) is 12.0. The van der Waals surface area contributed by atoms with E-state index in [1.807, 2.05) is 6.07 Å². The van der Waals surface area contributed by atoms with Crippen LogP contribution < -0.4 is 5.32 Å². The number of fused-ring (bicyclic) bond motifs is 1. The Hall–Kier alpha value is -0.780. The Kier molecular flexibility index (Phi) is 4.72. The first-order valence-electron chi connectivity index (χ1n) is 7.37. The monoisotopic (exact) mass is 368 g/mol. The summed E-state index contributed by atoms with van der Waals surface area (Å²) in [5.74, 6) is -0.206. The van der Waals surface area contributed by atoms with Crippen LogP contribution in [0, 0.1) is 5.82 Å². The van der Waals surface area contributed by atoms with Crippen LogP contribution in [0.15, 0.2) is 22.7 Å². The molecule has 1 unspecified atom stereocenters. The van der Waals surface area contributed by atoms with E-state index >= 15 is 0 Å². The Morgan fingerprint density at radius 2 is 2.33 bits per heavy atom. The molecule has 1 aliphatic rings. The van der Waals surface area contributed by atoms with E-state index in [2.05, 4.69) is 28.2 Å². The lowest BCUT2D eigenvalue weighted by molar-refractivity contribution is 0.465. The average molecular weight is 369 g/mol. The summed E-state index contributed by atoms with van der Waals surface area (Å²) in [6.07, 6.45) is 4.43. The van der Waals surface area contributed by atoms with E-state index in [9.17, 15) is 4.39 Å². The highest BCUT2D eigenvalue weighted by Crippen LogP contribution is 2.39. The maximum absolute atomic E-state index is 14.0. The van der Waals surface area contributed by atoms with E-state index in [-0.39, 0.29) is 5.82 Å². The number of aryl methyl sites for hydroxylation is 1. The van der Waals surface area contributed by atoms with Gasteiger partial charge in [-0.3, -0.25) is 0 Å². The summed E-state index contributed by atoms with van der Waals surface area (Å²) in [5, 5.41) is 4.38. The minimum absolute atomic E-state index is 0.206. The summed E-state index contributed by atoms with van der Waals surface area (Å²) < 4.78 is 14.9. The van der Waals surface area contributed by atoms with E-state index in [0.29, 0.717) is 11.6 Å². The van der Waals surface area contributed by atoms with Crippen molar-refractivity contribution in [3.8, 4) is 10.6 Å². The third kappa shape index (κ3) is 3.20. The summed E-state index contributed by atoms with van der Waals surface area (Å²) >= 11 is 5.04. The summed E-state index contributed by atoms with van der Waals surface area (Å²) in [7, 11) is 0. The maximum Gasteiger partial charge on any atom is 0.133 e. The number of halogens is 2. The van der Waals surface area contributed by atoms with Gasteiger partial charge in [0.2, 0.25) is 0 Å². The number of hydrogen-bond donors (Lipinski definition) is 1. The number of rotatable bonds is 4. The quantitative estimate of drug-likeness (QED) is 0.812. The minimum Gasteiger partial charge on any atom is -0.309 e. The summed E-state index contributed by atoms with van der Waals surface area (Å²) in [5.41, 5.74) is 1.74. The molecule has 1 heterocycles. The van der Waals surface area contributed by atoms with Crippen molar-refractivity contribution >= 4 is 27.3 Å². The number of thiazole rings is 1. The van der Waals surface area contributed by atoms with Gasteiger partial charge in [-0.1, -0.05) is 22.9 Å². The Morgan fingerprint density at radius 3 is 3.14 bits per heavy atom. The maximum atomic E-state index is 14.0. The molecular weight excluding hydrogens is 351 g/mol. The van der Waals surface area contributed by atoms with Gasteiger partial charge in [-0.2, -0.15) is 0 Å². The van der Waals surface area contributed by atoms with Gasteiger partial charge < -0.3 is 5.32 Å². The molecule has 2 nitrogen and oxygen atoms in total. The van der Waals surface area contributed by atoms with Crippen molar-refractivity contribution in [2.45, 2.75) is 38.6 Å². The average Bonchev–Trinajstić information content (AvgIpc) is 2.92. The van der Waals surface area contributed by atoms with Crippen molar-refractivity contribution in [1.82, 2.24) is 10.3 Å². The zero-order valence-corrected chi connectivity index (χ0v) is 14.4. The Labute approximate surface area is 136 Å². The summed E-state index contributed by atoms with van der Waals surface area (Å²) in [6, 6.07) is 5.41. The molecule has 0 spiro atoms.